The Balaban J connectivity index is 1.99. The van der Waals surface area contributed by atoms with Crippen molar-refractivity contribution < 1.29 is 4.39 Å². The van der Waals surface area contributed by atoms with Gasteiger partial charge in [-0.25, -0.2) is 9.37 Å². The number of hydrogen-bond donors (Lipinski definition) is 1. The fourth-order valence-electron chi connectivity index (χ4n) is 2.53. The van der Waals surface area contributed by atoms with Crippen LogP contribution in [0.5, 0.6) is 0 Å². The maximum atomic E-state index is 13.0. The summed E-state index contributed by atoms with van der Waals surface area (Å²) in [5.74, 6) is 0.823. The average molecular weight is 283 g/mol. The van der Waals surface area contributed by atoms with Crippen LogP contribution in [0.2, 0.25) is 0 Å². The summed E-state index contributed by atoms with van der Waals surface area (Å²) >= 11 is 0. The third-order valence-corrected chi connectivity index (χ3v) is 3.59. The van der Waals surface area contributed by atoms with Crippen LogP contribution in [0.25, 0.3) is 11.0 Å². The summed E-state index contributed by atoms with van der Waals surface area (Å²) in [7, 11) is 0. The molecular formula is C17H18FN3. The van der Waals surface area contributed by atoms with Gasteiger partial charge in [0.15, 0.2) is 0 Å². The van der Waals surface area contributed by atoms with Gasteiger partial charge in [0.1, 0.15) is 11.6 Å². The van der Waals surface area contributed by atoms with Gasteiger partial charge in [0, 0.05) is 13.0 Å². The van der Waals surface area contributed by atoms with E-state index in [1.54, 1.807) is 0 Å². The molecule has 0 saturated heterocycles. The summed E-state index contributed by atoms with van der Waals surface area (Å²) < 4.78 is 15.2. The van der Waals surface area contributed by atoms with E-state index in [-0.39, 0.29) is 5.82 Å². The Hall–Kier alpha value is -2.20. The van der Waals surface area contributed by atoms with Crippen molar-refractivity contribution in [1.29, 1.82) is 0 Å². The van der Waals surface area contributed by atoms with Gasteiger partial charge in [-0.3, -0.25) is 0 Å². The highest BCUT2D eigenvalue weighted by atomic mass is 19.1. The number of aryl methyl sites for hydroxylation is 1. The number of para-hydroxylation sites is 2. The van der Waals surface area contributed by atoms with Crippen molar-refractivity contribution >= 4 is 11.0 Å². The Labute approximate surface area is 123 Å². The van der Waals surface area contributed by atoms with Crippen LogP contribution in [-0.2, 0) is 13.0 Å². The molecule has 1 heterocycles. The molecular weight excluding hydrogens is 265 g/mol. The minimum atomic E-state index is -0.211. The average Bonchev–Trinajstić information content (AvgIpc) is 2.85. The molecule has 0 aliphatic carbocycles. The molecule has 0 radical (unpaired) electrons. The lowest BCUT2D eigenvalue weighted by atomic mass is 10.2. The standard InChI is InChI=1S/C17H18FN3/c18-14-9-7-13(8-10-14)12-21-16-5-2-1-4-15(16)20-17(21)6-3-11-19/h1-2,4-5,7-10H,3,6,11-12,19H2. The summed E-state index contributed by atoms with van der Waals surface area (Å²) in [6.07, 6.45) is 1.76. The minimum Gasteiger partial charge on any atom is -0.330 e. The van der Waals surface area contributed by atoms with Gasteiger partial charge in [-0.2, -0.15) is 0 Å². The second kappa shape index (κ2) is 6.06. The molecule has 108 valence electrons. The Bertz CT molecular complexity index is 731. The van der Waals surface area contributed by atoms with Gasteiger partial charge in [-0.05, 0) is 42.8 Å². The molecule has 3 rings (SSSR count). The molecule has 0 bridgehead atoms. The fraction of sp³-hybridized carbons (Fsp3) is 0.235. The van der Waals surface area contributed by atoms with E-state index in [1.807, 2.05) is 30.3 Å². The Morgan fingerprint density at radius 2 is 1.81 bits per heavy atom. The molecule has 3 aromatic rings. The van der Waals surface area contributed by atoms with Crippen LogP contribution in [0.15, 0.2) is 48.5 Å². The smallest absolute Gasteiger partial charge is 0.123 e. The van der Waals surface area contributed by atoms with Gasteiger partial charge < -0.3 is 10.3 Å². The maximum absolute atomic E-state index is 13.0. The monoisotopic (exact) mass is 283 g/mol. The number of hydrogen-bond acceptors (Lipinski definition) is 2. The molecule has 0 unspecified atom stereocenters. The first-order valence-corrected chi connectivity index (χ1v) is 7.16. The molecule has 2 N–H and O–H groups in total. The van der Waals surface area contributed by atoms with Crippen molar-refractivity contribution in [3.8, 4) is 0 Å². The summed E-state index contributed by atoms with van der Waals surface area (Å²) in [5.41, 5.74) is 8.77. The fourth-order valence-corrected chi connectivity index (χ4v) is 2.53. The first kappa shape index (κ1) is 13.8. The van der Waals surface area contributed by atoms with Crippen LogP contribution in [0.1, 0.15) is 17.8 Å². The highest BCUT2D eigenvalue weighted by Crippen LogP contribution is 2.19. The lowest BCUT2D eigenvalue weighted by Gasteiger charge is -2.09. The first-order chi connectivity index (χ1) is 10.3. The molecule has 0 saturated carbocycles. The first-order valence-electron chi connectivity index (χ1n) is 7.16. The van der Waals surface area contributed by atoms with E-state index in [9.17, 15) is 4.39 Å². The van der Waals surface area contributed by atoms with Gasteiger partial charge in [-0.15, -0.1) is 0 Å². The van der Waals surface area contributed by atoms with E-state index in [1.165, 1.54) is 12.1 Å². The number of nitrogens with zero attached hydrogens (tertiary/aromatic N) is 2. The molecule has 0 aliphatic rings. The van der Waals surface area contributed by atoms with Crippen molar-refractivity contribution in [3.63, 3.8) is 0 Å². The number of benzene rings is 2. The van der Waals surface area contributed by atoms with Gasteiger partial charge in [0.05, 0.1) is 11.0 Å². The van der Waals surface area contributed by atoms with E-state index in [0.29, 0.717) is 13.1 Å². The molecule has 0 spiro atoms. The summed E-state index contributed by atoms with van der Waals surface area (Å²) in [4.78, 5) is 4.70. The van der Waals surface area contributed by atoms with Crippen molar-refractivity contribution in [2.45, 2.75) is 19.4 Å². The lowest BCUT2D eigenvalue weighted by Crippen LogP contribution is -2.08. The second-order valence-corrected chi connectivity index (χ2v) is 5.12. The van der Waals surface area contributed by atoms with Crippen LogP contribution < -0.4 is 5.73 Å². The zero-order valence-corrected chi connectivity index (χ0v) is 11.8. The van der Waals surface area contributed by atoms with Crippen molar-refractivity contribution in [2.75, 3.05) is 6.54 Å². The largest absolute Gasteiger partial charge is 0.330 e. The maximum Gasteiger partial charge on any atom is 0.123 e. The molecule has 21 heavy (non-hydrogen) atoms. The van der Waals surface area contributed by atoms with Gasteiger partial charge in [0.25, 0.3) is 0 Å². The number of nitrogens with two attached hydrogens (primary N) is 1. The van der Waals surface area contributed by atoms with Gasteiger partial charge >= 0.3 is 0 Å². The van der Waals surface area contributed by atoms with Crippen molar-refractivity contribution in [1.82, 2.24) is 9.55 Å². The number of aromatic nitrogens is 2. The molecule has 4 heteroatoms. The van der Waals surface area contributed by atoms with Crippen LogP contribution in [0, 0.1) is 5.82 Å². The van der Waals surface area contributed by atoms with Gasteiger partial charge in [-0.1, -0.05) is 24.3 Å². The van der Waals surface area contributed by atoms with E-state index in [0.717, 1.165) is 35.3 Å². The SMILES string of the molecule is NCCCc1nc2ccccc2n1Cc1ccc(F)cc1. The predicted molar refractivity (Wildman–Crippen MR) is 82.6 cm³/mol. The van der Waals surface area contributed by atoms with Crippen LogP contribution in [0.4, 0.5) is 4.39 Å². The summed E-state index contributed by atoms with van der Waals surface area (Å²) in [6.45, 7) is 1.35. The molecule has 1 aromatic heterocycles. The third kappa shape index (κ3) is 2.95. The Morgan fingerprint density at radius 1 is 1.05 bits per heavy atom. The predicted octanol–water partition coefficient (Wildman–Crippen LogP) is 3.12. The molecule has 0 aliphatic heterocycles. The number of halogens is 1. The summed E-state index contributed by atoms with van der Waals surface area (Å²) in [5, 5.41) is 0. The number of rotatable bonds is 5. The lowest BCUT2D eigenvalue weighted by molar-refractivity contribution is 0.626. The summed E-state index contributed by atoms with van der Waals surface area (Å²) in [6, 6.07) is 14.7. The minimum absolute atomic E-state index is 0.211. The topological polar surface area (TPSA) is 43.8 Å². The molecule has 2 aromatic carbocycles. The Morgan fingerprint density at radius 3 is 2.57 bits per heavy atom. The zero-order chi connectivity index (χ0) is 14.7. The normalized spacial score (nSPS) is 11.1. The zero-order valence-electron chi connectivity index (χ0n) is 11.8. The molecule has 0 atom stereocenters. The van der Waals surface area contributed by atoms with Crippen LogP contribution >= 0.6 is 0 Å². The highest BCUT2D eigenvalue weighted by molar-refractivity contribution is 5.76. The third-order valence-electron chi connectivity index (χ3n) is 3.59. The number of imidazole rings is 1. The van der Waals surface area contributed by atoms with Gasteiger partial charge in [0.2, 0.25) is 0 Å². The van der Waals surface area contributed by atoms with E-state index < -0.39 is 0 Å². The van der Waals surface area contributed by atoms with E-state index in [2.05, 4.69) is 10.6 Å². The quantitative estimate of drug-likeness (QED) is 0.782. The van der Waals surface area contributed by atoms with E-state index in [4.69, 9.17) is 10.7 Å². The second-order valence-electron chi connectivity index (χ2n) is 5.12. The van der Waals surface area contributed by atoms with Crippen LogP contribution in [-0.4, -0.2) is 16.1 Å². The number of fused-ring (bicyclic) bond motifs is 1. The van der Waals surface area contributed by atoms with Crippen LogP contribution in [0.3, 0.4) is 0 Å². The van der Waals surface area contributed by atoms with Crippen molar-refractivity contribution in [2.24, 2.45) is 5.73 Å². The molecule has 0 amide bonds. The van der Waals surface area contributed by atoms with Crippen molar-refractivity contribution in [3.05, 3.63) is 65.7 Å². The molecule has 0 fully saturated rings. The Kier molecular flexibility index (Phi) is 3.97. The molecule has 3 nitrogen and oxygen atoms in total. The van der Waals surface area contributed by atoms with E-state index >= 15 is 0 Å². The highest BCUT2D eigenvalue weighted by Gasteiger charge is 2.10.